The highest BCUT2D eigenvalue weighted by atomic mass is 16.5. The second-order valence-electron chi connectivity index (χ2n) is 5.05. The summed E-state index contributed by atoms with van der Waals surface area (Å²) in [5, 5.41) is 0. The number of carbonyl (C=O) groups excluding carboxylic acids is 2. The highest BCUT2D eigenvalue weighted by Crippen LogP contribution is 2.34. The van der Waals surface area contributed by atoms with Crippen LogP contribution >= 0.6 is 0 Å². The lowest BCUT2D eigenvalue weighted by atomic mass is 9.84. The number of rotatable bonds is 4. The van der Waals surface area contributed by atoms with E-state index in [0.717, 1.165) is 28.7 Å². The topological polar surface area (TPSA) is 52.6 Å². The van der Waals surface area contributed by atoms with Crippen molar-refractivity contribution in [1.82, 2.24) is 0 Å². The summed E-state index contributed by atoms with van der Waals surface area (Å²) in [6, 6.07) is 4.04. The predicted molar refractivity (Wildman–Crippen MR) is 74.6 cm³/mol. The zero-order valence-electron chi connectivity index (χ0n) is 12.2. The molecule has 1 atom stereocenters. The van der Waals surface area contributed by atoms with Crippen molar-refractivity contribution in [2.24, 2.45) is 0 Å². The second-order valence-corrected chi connectivity index (χ2v) is 5.05. The van der Waals surface area contributed by atoms with E-state index in [0.29, 0.717) is 13.0 Å². The molecule has 20 heavy (non-hydrogen) atoms. The molecule has 0 aliphatic carbocycles. The van der Waals surface area contributed by atoms with E-state index in [9.17, 15) is 9.59 Å². The Morgan fingerprint density at radius 3 is 2.75 bits per heavy atom. The molecule has 1 aromatic carbocycles. The van der Waals surface area contributed by atoms with Crippen LogP contribution in [-0.4, -0.2) is 25.7 Å². The largest absolute Gasteiger partial charge is 0.469 e. The van der Waals surface area contributed by atoms with Crippen LogP contribution in [0.2, 0.25) is 0 Å². The van der Waals surface area contributed by atoms with Gasteiger partial charge in [-0.2, -0.15) is 0 Å². The summed E-state index contributed by atoms with van der Waals surface area (Å²) < 4.78 is 9.86. The molecule has 1 fully saturated rings. The Labute approximate surface area is 119 Å². The second kappa shape index (κ2) is 6.07. The smallest absolute Gasteiger partial charge is 0.313 e. The third kappa shape index (κ3) is 2.69. The van der Waals surface area contributed by atoms with Gasteiger partial charge in [-0.25, -0.2) is 0 Å². The van der Waals surface area contributed by atoms with Crippen LogP contribution in [0.4, 0.5) is 0 Å². The summed E-state index contributed by atoms with van der Waals surface area (Å²) in [6.07, 6.45) is 1.71. The number of hydrogen-bond acceptors (Lipinski definition) is 4. The molecule has 4 heteroatoms. The first-order valence-corrected chi connectivity index (χ1v) is 6.93. The van der Waals surface area contributed by atoms with E-state index < -0.39 is 0 Å². The summed E-state index contributed by atoms with van der Waals surface area (Å²) >= 11 is 0. The monoisotopic (exact) mass is 276 g/mol. The molecule has 1 unspecified atom stereocenters. The normalized spacial score (nSPS) is 17.9. The maximum atomic E-state index is 11.9. The molecule has 0 saturated carbocycles. The molecular formula is C16H20O4. The van der Waals surface area contributed by atoms with Gasteiger partial charge in [-0.15, -0.1) is 0 Å². The van der Waals surface area contributed by atoms with Gasteiger partial charge in [-0.05, 0) is 42.0 Å². The highest BCUT2D eigenvalue weighted by Gasteiger charge is 2.32. The van der Waals surface area contributed by atoms with Crippen molar-refractivity contribution in [3.05, 3.63) is 34.4 Å². The van der Waals surface area contributed by atoms with Gasteiger partial charge in [-0.1, -0.05) is 19.1 Å². The van der Waals surface area contributed by atoms with E-state index in [-0.39, 0.29) is 24.3 Å². The van der Waals surface area contributed by atoms with Crippen LogP contribution in [0.5, 0.6) is 0 Å². The number of methoxy groups -OCH3 is 1. The molecule has 0 N–H and O–H groups in total. The number of carbonyl (C=O) groups is 2. The van der Waals surface area contributed by atoms with E-state index in [1.54, 1.807) is 0 Å². The highest BCUT2D eigenvalue weighted by molar-refractivity contribution is 5.82. The molecule has 1 aliphatic heterocycles. The molecule has 2 rings (SSSR count). The number of ether oxygens (including phenoxy) is 2. The van der Waals surface area contributed by atoms with Gasteiger partial charge < -0.3 is 9.47 Å². The molecule has 1 saturated heterocycles. The van der Waals surface area contributed by atoms with Gasteiger partial charge in [0.25, 0.3) is 0 Å². The van der Waals surface area contributed by atoms with Crippen LogP contribution in [0.25, 0.3) is 0 Å². The van der Waals surface area contributed by atoms with Crippen LogP contribution in [0.15, 0.2) is 12.1 Å². The summed E-state index contributed by atoms with van der Waals surface area (Å²) in [4.78, 5) is 23.6. The zero-order chi connectivity index (χ0) is 14.7. The number of cyclic esters (lactones) is 1. The van der Waals surface area contributed by atoms with Crippen molar-refractivity contribution in [2.45, 2.75) is 39.0 Å². The molecule has 0 radical (unpaired) electrons. The molecule has 1 heterocycles. The van der Waals surface area contributed by atoms with Gasteiger partial charge in [0.2, 0.25) is 0 Å². The van der Waals surface area contributed by atoms with Gasteiger partial charge in [0.15, 0.2) is 0 Å². The minimum absolute atomic E-state index is 0.184. The van der Waals surface area contributed by atoms with E-state index >= 15 is 0 Å². The van der Waals surface area contributed by atoms with E-state index in [4.69, 9.17) is 9.47 Å². The summed E-state index contributed by atoms with van der Waals surface area (Å²) in [6.45, 7) is 4.47. The van der Waals surface area contributed by atoms with Crippen molar-refractivity contribution in [2.75, 3.05) is 13.7 Å². The Morgan fingerprint density at radius 2 is 2.20 bits per heavy atom. The standard InChI is InChI=1S/C16H20O4/c1-4-11-6-5-10(2)13(9-14(17)19-3)15(11)12-7-8-20-16(12)18/h5-6,12H,4,7-9H2,1-3H3. The van der Waals surface area contributed by atoms with Gasteiger partial charge in [0, 0.05) is 0 Å². The number of hydrogen-bond donors (Lipinski definition) is 0. The summed E-state index contributed by atoms with van der Waals surface area (Å²) in [7, 11) is 1.38. The first-order chi connectivity index (χ1) is 9.58. The lowest BCUT2D eigenvalue weighted by molar-refractivity contribution is -0.140. The first-order valence-electron chi connectivity index (χ1n) is 6.93. The van der Waals surface area contributed by atoms with Crippen LogP contribution in [-0.2, 0) is 31.9 Å². The molecule has 1 aromatic rings. The number of esters is 2. The Bertz CT molecular complexity index is 534. The minimum atomic E-state index is -0.283. The predicted octanol–water partition coefficient (Wildman–Crippen LogP) is 2.30. The SMILES string of the molecule is CCc1ccc(C)c(CC(=O)OC)c1C1CCOC1=O. The molecule has 4 nitrogen and oxygen atoms in total. The van der Waals surface area contributed by atoms with Gasteiger partial charge in [0.05, 0.1) is 26.1 Å². The molecule has 0 amide bonds. The summed E-state index contributed by atoms with van der Waals surface area (Å²) in [5.74, 6) is -0.713. The quantitative estimate of drug-likeness (QED) is 0.792. The maximum Gasteiger partial charge on any atom is 0.313 e. The van der Waals surface area contributed by atoms with E-state index in [1.165, 1.54) is 7.11 Å². The molecule has 0 aromatic heterocycles. The molecule has 0 spiro atoms. The minimum Gasteiger partial charge on any atom is -0.469 e. The first kappa shape index (κ1) is 14.6. The lowest BCUT2D eigenvalue weighted by Crippen LogP contribution is -2.16. The van der Waals surface area contributed by atoms with Crippen molar-refractivity contribution >= 4 is 11.9 Å². The number of benzene rings is 1. The fraction of sp³-hybridized carbons (Fsp3) is 0.500. The van der Waals surface area contributed by atoms with E-state index in [2.05, 4.69) is 6.92 Å². The molecule has 1 aliphatic rings. The number of aryl methyl sites for hydroxylation is 2. The van der Waals surface area contributed by atoms with E-state index in [1.807, 2.05) is 19.1 Å². The van der Waals surface area contributed by atoms with Crippen molar-refractivity contribution in [3.63, 3.8) is 0 Å². The van der Waals surface area contributed by atoms with Crippen LogP contribution in [0.3, 0.4) is 0 Å². The summed E-state index contributed by atoms with van der Waals surface area (Å²) in [5.41, 5.74) is 4.01. The van der Waals surface area contributed by atoms with Crippen LogP contribution in [0, 0.1) is 6.92 Å². The average Bonchev–Trinajstić information content (AvgIpc) is 2.86. The Balaban J connectivity index is 2.52. The van der Waals surface area contributed by atoms with Crippen molar-refractivity contribution in [1.29, 1.82) is 0 Å². The molecule has 0 bridgehead atoms. The zero-order valence-corrected chi connectivity index (χ0v) is 12.2. The fourth-order valence-corrected chi connectivity index (χ4v) is 2.77. The van der Waals surface area contributed by atoms with Gasteiger partial charge in [0.1, 0.15) is 0 Å². The van der Waals surface area contributed by atoms with Crippen molar-refractivity contribution < 1.29 is 19.1 Å². The van der Waals surface area contributed by atoms with Gasteiger partial charge in [-0.3, -0.25) is 9.59 Å². The van der Waals surface area contributed by atoms with Crippen LogP contribution in [0.1, 0.15) is 41.5 Å². The molecular weight excluding hydrogens is 256 g/mol. The Morgan fingerprint density at radius 1 is 1.45 bits per heavy atom. The third-order valence-corrected chi connectivity index (χ3v) is 3.90. The average molecular weight is 276 g/mol. The lowest BCUT2D eigenvalue weighted by Gasteiger charge is -2.19. The fourth-order valence-electron chi connectivity index (χ4n) is 2.77. The maximum absolute atomic E-state index is 11.9. The third-order valence-electron chi connectivity index (χ3n) is 3.90. The van der Waals surface area contributed by atoms with Crippen molar-refractivity contribution in [3.8, 4) is 0 Å². The Hall–Kier alpha value is -1.84. The Kier molecular flexibility index (Phi) is 4.42. The van der Waals surface area contributed by atoms with Crippen LogP contribution < -0.4 is 0 Å². The molecule has 108 valence electrons. The van der Waals surface area contributed by atoms with Gasteiger partial charge >= 0.3 is 11.9 Å².